The molecule has 15 heavy (non-hydrogen) atoms. The van der Waals surface area contributed by atoms with Crippen molar-refractivity contribution in [1.82, 2.24) is 15.0 Å². The highest BCUT2D eigenvalue weighted by atomic mass is 79.9. The molecule has 2 aromatic rings. The summed E-state index contributed by atoms with van der Waals surface area (Å²) in [6.07, 6.45) is 3.21. The van der Waals surface area contributed by atoms with Gasteiger partial charge in [-0.15, -0.1) is 0 Å². The van der Waals surface area contributed by atoms with Crippen LogP contribution in [0.3, 0.4) is 0 Å². The normalized spacial score (nSPS) is 10.3. The molecule has 0 spiro atoms. The number of benzene rings is 1. The minimum atomic E-state index is 0.542. The van der Waals surface area contributed by atoms with Crippen molar-refractivity contribution in [3.8, 4) is 11.4 Å². The van der Waals surface area contributed by atoms with Crippen molar-refractivity contribution in [2.75, 3.05) is 7.11 Å². The van der Waals surface area contributed by atoms with E-state index in [1.54, 1.807) is 31.6 Å². The number of aromatic nitrogens is 3. The Kier molecular flexibility index (Phi) is 2.93. The number of ether oxygens (including phenoxy) is 1. The first-order valence-electron chi connectivity index (χ1n) is 4.12. The highest BCUT2D eigenvalue weighted by Crippen LogP contribution is 2.32. The van der Waals surface area contributed by atoms with E-state index in [4.69, 9.17) is 16.3 Å². The maximum Gasteiger partial charge on any atom is 0.139 e. The Morgan fingerprint density at radius 1 is 1.33 bits per heavy atom. The lowest BCUT2D eigenvalue weighted by Gasteiger charge is -2.07. The van der Waals surface area contributed by atoms with Crippen molar-refractivity contribution in [2.45, 2.75) is 0 Å². The monoisotopic (exact) mass is 287 g/mol. The minimum absolute atomic E-state index is 0.542. The molecule has 1 aromatic heterocycles. The van der Waals surface area contributed by atoms with Gasteiger partial charge in [-0.2, -0.15) is 15.0 Å². The molecule has 1 heterocycles. The van der Waals surface area contributed by atoms with E-state index in [1.807, 2.05) is 0 Å². The quantitative estimate of drug-likeness (QED) is 0.853. The van der Waals surface area contributed by atoms with Crippen LogP contribution in [0.5, 0.6) is 5.75 Å². The van der Waals surface area contributed by atoms with Gasteiger partial charge in [0.2, 0.25) is 0 Å². The number of nitrogens with zero attached hydrogens (tertiary/aromatic N) is 3. The summed E-state index contributed by atoms with van der Waals surface area (Å²) in [6, 6.07) is 3.52. The fraction of sp³-hybridized carbons (Fsp3) is 0.111. The third kappa shape index (κ3) is 1.98. The molecule has 0 saturated carbocycles. The molecule has 0 aliphatic rings. The van der Waals surface area contributed by atoms with Crippen molar-refractivity contribution >= 4 is 27.5 Å². The third-order valence-corrected chi connectivity index (χ3v) is 2.79. The van der Waals surface area contributed by atoms with Crippen LogP contribution in [0.25, 0.3) is 5.69 Å². The lowest BCUT2D eigenvalue weighted by Crippen LogP contribution is -2.00. The Labute approximate surface area is 99.9 Å². The Morgan fingerprint density at radius 2 is 2.00 bits per heavy atom. The van der Waals surface area contributed by atoms with Gasteiger partial charge in [0.15, 0.2) is 0 Å². The summed E-state index contributed by atoms with van der Waals surface area (Å²) in [7, 11) is 1.56. The first-order valence-corrected chi connectivity index (χ1v) is 5.29. The molecule has 0 aliphatic heterocycles. The standard InChI is InChI=1S/C9H7BrClN3O/c1-15-9-5-8(6(10)4-7(9)11)14-12-2-3-13-14/h2-5H,1H3. The van der Waals surface area contributed by atoms with E-state index in [0.717, 1.165) is 10.2 Å². The molecule has 2 rings (SSSR count). The summed E-state index contributed by atoms with van der Waals surface area (Å²) >= 11 is 9.35. The first kappa shape index (κ1) is 10.4. The molecule has 1 aromatic carbocycles. The van der Waals surface area contributed by atoms with Gasteiger partial charge in [0.1, 0.15) is 11.4 Å². The van der Waals surface area contributed by atoms with E-state index in [2.05, 4.69) is 26.1 Å². The summed E-state index contributed by atoms with van der Waals surface area (Å²) in [5.74, 6) is 0.590. The van der Waals surface area contributed by atoms with Crippen molar-refractivity contribution < 1.29 is 4.74 Å². The van der Waals surface area contributed by atoms with E-state index >= 15 is 0 Å². The third-order valence-electron chi connectivity index (χ3n) is 1.86. The van der Waals surface area contributed by atoms with Crippen LogP contribution in [-0.2, 0) is 0 Å². The van der Waals surface area contributed by atoms with E-state index in [9.17, 15) is 0 Å². The summed E-state index contributed by atoms with van der Waals surface area (Å²) in [6.45, 7) is 0. The largest absolute Gasteiger partial charge is 0.495 e. The second kappa shape index (κ2) is 4.20. The van der Waals surface area contributed by atoms with Crippen LogP contribution >= 0.6 is 27.5 Å². The van der Waals surface area contributed by atoms with E-state index in [0.29, 0.717) is 10.8 Å². The molecule has 0 amide bonds. The SMILES string of the molecule is COc1cc(-n2nccn2)c(Br)cc1Cl. The molecular formula is C9H7BrClN3O. The van der Waals surface area contributed by atoms with Gasteiger partial charge < -0.3 is 4.74 Å². The zero-order chi connectivity index (χ0) is 10.8. The molecule has 0 atom stereocenters. The number of rotatable bonds is 2. The van der Waals surface area contributed by atoms with Gasteiger partial charge >= 0.3 is 0 Å². The lowest BCUT2D eigenvalue weighted by molar-refractivity contribution is 0.414. The number of hydrogen-bond acceptors (Lipinski definition) is 3. The zero-order valence-electron chi connectivity index (χ0n) is 7.82. The van der Waals surface area contributed by atoms with Gasteiger partial charge in [0.25, 0.3) is 0 Å². The molecule has 78 valence electrons. The predicted octanol–water partition coefficient (Wildman–Crippen LogP) is 2.69. The van der Waals surface area contributed by atoms with Crippen LogP contribution in [0, 0.1) is 0 Å². The molecule has 0 fully saturated rings. The summed E-state index contributed by atoms with van der Waals surface area (Å²) < 4.78 is 5.93. The molecular weight excluding hydrogens is 281 g/mol. The van der Waals surface area contributed by atoms with E-state index < -0.39 is 0 Å². The fourth-order valence-corrected chi connectivity index (χ4v) is 2.04. The number of halogens is 2. The second-order valence-electron chi connectivity index (χ2n) is 2.76. The summed E-state index contributed by atoms with van der Waals surface area (Å²) in [4.78, 5) is 1.49. The average molecular weight is 289 g/mol. The van der Waals surface area contributed by atoms with Crippen molar-refractivity contribution in [3.05, 3.63) is 34.0 Å². The smallest absolute Gasteiger partial charge is 0.139 e. The van der Waals surface area contributed by atoms with Gasteiger partial charge in [0, 0.05) is 10.5 Å². The van der Waals surface area contributed by atoms with Crippen LogP contribution in [0.15, 0.2) is 29.0 Å². The van der Waals surface area contributed by atoms with Gasteiger partial charge in [-0.05, 0) is 22.0 Å². The average Bonchev–Trinajstić information content (AvgIpc) is 2.71. The molecule has 0 bridgehead atoms. The van der Waals surface area contributed by atoms with Crippen molar-refractivity contribution in [3.63, 3.8) is 0 Å². The van der Waals surface area contributed by atoms with Crippen LogP contribution < -0.4 is 4.74 Å². The Balaban J connectivity index is 2.57. The van der Waals surface area contributed by atoms with Crippen LogP contribution in [0.1, 0.15) is 0 Å². The highest BCUT2D eigenvalue weighted by Gasteiger charge is 2.09. The maximum absolute atomic E-state index is 5.96. The molecule has 6 heteroatoms. The van der Waals surface area contributed by atoms with Gasteiger partial charge in [-0.25, -0.2) is 0 Å². The first-order chi connectivity index (χ1) is 7.22. The van der Waals surface area contributed by atoms with Gasteiger partial charge in [0.05, 0.1) is 24.5 Å². The van der Waals surface area contributed by atoms with Crippen LogP contribution in [-0.4, -0.2) is 22.1 Å². The predicted molar refractivity (Wildman–Crippen MR) is 60.6 cm³/mol. The van der Waals surface area contributed by atoms with E-state index in [1.165, 1.54) is 4.80 Å². The fourth-order valence-electron chi connectivity index (χ4n) is 1.17. The molecule has 0 N–H and O–H groups in total. The summed E-state index contributed by atoms with van der Waals surface area (Å²) in [5, 5.41) is 8.60. The summed E-state index contributed by atoms with van der Waals surface area (Å²) in [5.41, 5.74) is 0.779. The maximum atomic E-state index is 5.96. The molecule has 0 radical (unpaired) electrons. The Bertz CT molecular complexity index is 472. The van der Waals surface area contributed by atoms with Crippen molar-refractivity contribution in [1.29, 1.82) is 0 Å². The Morgan fingerprint density at radius 3 is 2.60 bits per heavy atom. The molecule has 0 unspecified atom stereocenters. The Hall–Kier alpha value is -1.07. The van der Waals surface area contributed by atoms with Crippen LogP contribution in [0.2, 0.25) is 5.02 Å². The molecule has 0 saturated heterocycles. The zero-order valence-corrected chi connectivity index (χ0v) is 10.2. The minimum Gasteiger partial charge on any atom is -0.495 e. The molecule has 0 aliphatic carbocycles. The molecule has 4 nitrogen and oxygen atoms in total. The lowest BCUT2D eigenvalue weighted by atomic mass is 10.3. The highest BCUT2D eigenvalue weighted by molar-refractivity contribution is 9.10. The van der Waals surface area contributed by atoms with E-state index in [-0.39, 0.29) is 0 Å². The topological polar surface area (TPSA) is 39.9 Å². The number of hydrogen-bond donors (Lipinski definition) is 0. The van der Waals surface area contributed by atoms with Crippen molar-refractivity contribution in [2.24, 2.45) is 0 Å². The van der Waals surface area contributed by atoms with Gasteiger partial charge in [-0.1, -0.05) is 11.6 Å². The van der Waals surface area contributed by atoms with Crippen LogP contribution in [0.4, 0.5) is 0 Å². The second-order valence-corrected chi connectivity index (χ2v) is 4.02. The van der Waals surface area contributed by atoms with Gasteiger partial charge in [-0.3, -0.25) is 0 Å². The number of methoxy groups -OCH3 is 1.